The van der Waals surface area contributed by atoms with Crippen LogP contribution in [0.25, 0.3) is 0 Å². The monoisotopic (exact) mass is 288 g/mol. The van der Waals surface area contributed by atoms with Gasteiger partial charge in [0.25, 0.3) is 0 Å². The second-order valence-corrected chi connectivity index (χ2v) is 5.75. The van der Waals surface area contributed by atoms with Gasteiger partial charge in [0.2, 0.25) is 0 Å². The van der Waals surface area contributed by atoms with Gasteiger partial charge in [-0.05, 0) is 43.9 Å². The molecule has 1 heterocycles. The van der Waals surface area contributed by atoms with Crippen LogP contribution < -0.4 is 5.69 Å². The second-order valence-electron chi connectivity index (χ2n) is 5.75. The Morgan fingerprint density at radius 3 is 2.24 bits per heavy atom. The highest BCUT2D eigenvalue weighted by Crippen LogP contribution is 2.24. The van der Waals surface area contributed by atoms with Gasteiger partial charge < -0.3 is 5.11 Å². The highest BCUT2D eigenvalue weighted by molar-refractivity contribution is 5.38. The average molecular weight is 288 g/mol. The van der Waals surface area contributed by atoms with Crippen LogP contribution in [0.4, 0.5) is 0 Å². The summed E-state index contributed by atoms with van der Waals surface area (Å²) in [5.74, 6) is 0. The number of rotatable bonds is 5. The van der Waals surface area contributed by atoms with Crippen LogP contribution in [-0.4, -0.2) is 14.2 Å². The Balaban J connectivity index is 2.26. The van der Waals surface area contributed by atoms with Gasteiger partial charge in [0.05, 0.1) is 12.6 Å². The van der Waals surface area contributed by atoms with E-state index in [0.717, 1.165) is 23.1 Å². The second kappa shape index (κ2) is 6.31. The van der Waals surface area contributed by atoms with Gasteiger partial charge in [-0.3, -0.25) is 9.13 Å². The fourth-order valence-electron chi connectivity index (χ4n) is 3.00. The predicted molar refractivity (Wildman–Crippen MR) is 84.6 cm³/mol. The maximum atomic E-state index is 12.2. The van der Waals surface area contributed by atoms with Gasteiger partial charge >= 0.3 is 5.69 Å². The fraction of sp³-hybridized carbons (Fsp3) is 0.471. The van der Waals surface area contributed by atoms with Crippen molar-refractivity contribution in [3.8, 4) is 0 Å². The molecule has 0 aliphatic heterocycles. The Hall–Kier alpha value is -1.81. The SMILES string of the molecule is CCCn1ccn(CC(O)c2c(C)cc(C)cc2C)c1=O. The molecule has 1 aromatic heterocycles. The first-order chi connectivity index (χ1) is 9.93. The van der Waals surface area contributed by atoms with Gasteiger partial charge in [-0.25, -0.2) is 4.79 Å². The molecule has 0 bridgehead atoms. The summed E-state index contributed by atoms with van der Waals surface area (Å²) in [6.45, 7) is 9.10. The Morgan fingerprint density at radius 1 is 1.10 bits per heavy atom. The molecule has 0 aliphatic rings. The number of nitrogens with zero attached hydrogens (tertiary/aromatic N) is 2. The molecule has 0 radical (unpaired) electrons. The molecule has 0 saturated carbocycles. The molecule has 1 N–H and O–H groups in total. The summed E-state index contributed by atoms with van der Waals surface area (Å²) >= 11 is 0. The smallest absolute Gasteiger partial charge is 0.328 e. The number of benzene rings is 1. The van der Waals surface area contributed by atoms with Crippen LogP contribution in [0.1, 0.15) is 41.7 Å². The van der Waals surface area contributed by atoms with Crippen LogP contribution in [-0.2, 0) is 13.1 Å². The first-order valence-corrected chi connectivity index (χ1v) is 7.45. The van der Waals surface area contributed by atoms with Gasteiger partial charge in [-0.2, -0.15) is 0 Å². The Labute approximate surface area is 125 Å². The minimum atomic E-state index is -0.666. The summed E-state index contributed by atoms with van der Waals surface area (Å²) < 4.78 is 3.26. The van der Waals surface area contributed by atoms with Gasteiger partial charge in [0.15, 0.2) is 0 Å². The van der Waals surface area contributed by atoms with Crippen molar-refractivity contribution in [1.82, 2.24) is 9.13 Å². The normalized spacial score (nSPS) is 12.6. The molecule has 21 heavy (non-hydrogen) atoms. The Bertz CT molecular complexity index is 659. The summed E-state index contributed by atoms with van der Waals surface area (Å²) in [5.41, 5.74) is 4.20. The zero-order valence-electron chi connectivity index (χ0n) is 13.3. The maximum Gasteiger partial charge on any atom is 0.328 e. The number of aryl methyl sites for hydroxylation is 4. The Morgan fingerprint density at radius 2 is 1.67 bits per heavy atom. The topological polar surface area (TPSA) is 47.2 Å². The molecule has 114 valence electrons. The van der Waals surface area contributed by atoms with Crippen molar-refractivity contribution in [2.24, 2.45) is 0 Å². The molecular formula is C17H24N2O2. The van der Waals surface area contributed by atoms with E-state index >= 15 is 0 Å². The fourth-order valence-corrected chi connectivity index (χ4v) is 3.00. The van der Waals surface area contributed by atoms with Crippen molar-refractivity contribution in [3.05, 3.63) is 57.3 Å². The molecule has 1 aromatic carbocycles. The molecule has 2 aromatic rings. The summed E-state index contributed by atoms with van der Waals surface area (Å²) in [6.07, 6.45) is 3.79. The standard InChI is InChI=1S/C17H24N2O2/c1-5-6-18-7-8-19(17(18)21)11-15(20)16-13(3)9-12(2)10-14(16)4/h7-10,15,20H,5-6,11H2,1-4H3. The molecule has 0 spiro atoms. The number of aliphatic hydroxyl groups excluding tert-OH is 1. The molecule has 1 atom stereocenters. The summed E-state index contributed by atoms with van der Waals surface area (Å²) in [4.78, 5) is 12.2. The van der Waals surface area contributed by atoms with E-state index in [1.807, 2.05) is 27.7 Å². The first kappa shape index (κ1) is 15.6. The van der Waals surface area contributed by atoms with Crippen molar-refractivity contribution < 1.29 is 5.11 Å². The molecule has 0 saturated heterocycles. The molecule has 4 heteroatoms. The summed E-state index contributed by atoms with van der Waals surface area (Å²) in [6, 6.07) is 4.13. The van der Waals surface area contributed by atoms with Gasteiger partial charge in [0.1, 0.15) is 0 Å². The van der Waals surface area contributed by atoms with Crippen molar-refractivity contribution in [1.29, 1.82) is 0 Å². The minimum Gasteiger partial charge on any atom is -0.387 e. The third kappa shape index (κ3) is 3.27. The van der Waals surface area contributed by atoms with E-state index in [0.29, 0.717) is 13.1 Å². The largest absolute Gasteiger partial charge is 0.387 e. The molecule has 0 amide bonds. The molecule has 0 fully saturated rings. The van der Waals surface area contributed by atoms with Gasteiger partial charge in [-0.1, -0.05) is 24.6 Å². The van der Waals surface area contributed by atoms with E-state index in [4.69, 9.17) is 0 Å². The molecule has 1 unspecified atom stereocenters. The first-order valence-electron chi connectivity index (χ1n) is 7.45. The minimum absolute atomic E-state index is 0.0571. The van der Waals surface area contributed by atoms with Crippen molar-refractivity contribution in [3.63, 3.8) is 0 Å². The third-order valence-corrected chi connectivity index (χ3v) is 3.82. The quantitative estimate of drug-likeness (QED) is 0.919. The maximum absolute atomic E-state index is 12.2. The van der Waals surface area contributed by atoms with Crippen molar-refractivity contribution in [2.45, 2.75) is 53.3 Å². The molecular weight excluding hydrogens is 264 g/mol. The lowest BCUT2D eigenvalue weighted by atomic mass is 9.95. The summed E-state index contributed by atoms with van der Waals surface area (Å²) in [5, 5.41) is 10.5. The van der Waals surface area contributed by atoms with E-state index in [-0.39, 0.29) is 5.69 Å². The zero-order valence-corrected chi connectivity index (χ0v) is 13.3. The lowest BCUT2D eigenvalue weighted by molar-refractivity contribution is 0.153. The summed E-state index contributed by atoms with van der Waals surface area (Å²) in [7, 11) is 0. The van der Waals surface area contributed by atoms with Crippen LogP contribution in [0.15, 0.2) is 29.3 Å². The van der Waals surface area contributed by atoms with E-state index in [2.05, 4.69) is 12.1 Å². The third-order valence-electron chi connectivity index (χ3n) is 3.82. The lowest BCUT2D eigenvalue weighted by Gasteiger charge is -2.17. The number of aromatic nitrogens is 2. The number of aliphatic hydroxyl groups is 1. The van der Waals surface area contributed by atoms with Crippen LogP contribution in [0.5, 0.6) is 0 Å². The van der Waals surface area contributed by atoms with Gasteiger partial charge in [-0.15, -0.1) is 0 Å². The number of hydrogen-bond donors (Lipinski definition) is 1. The average Bonchev–Trinajstić information content (AvgIpc) is 2.71. The molecule has 4 nitrogen and oxygen atoms in total. The van der Waals surface area contributed by atoms with Crippen LogP contribution >= 0.6 is 0 Å². The highest BCUT2D eigenvalue weighted by atomic mass is 16.3. The van der Waals surface area contributed by atoms with Crippen LogP contribution in [0.2, 0.25) is 0 Å². The lowest BCUT2D eigenvalue weighted by Crippen LogP contribution is -2.26. The molecule has 2 rings (SSSR count). The number of hydrogen-bond acceptors (Lipinski definition) is 2. The van der Waals surface area contributed by atoms with E-state index in [1.54, 1.807) is 21.5 Å². The number of imidazole rings is 1. The van der Waals surface area contributed by atoms with Crippen LogP contribution in [0.3, 0.4) is 0 Å². The van der Waals surface area contributed by atoms with E-state index in [1.165, 1.54) is 5.56 Å². The highest BCUT2D eigenvalue weighted by Gasteiger charge is 2.16. The van der Waals surface area contributed by atoms with Crippen LogP contribution in [0, 0.1) is 20.8 Å². The van der Waals surface area contributed by atoms with E-state index in [9.17, 15) is 9.90 Å². The molecule has 0 aliphatic carbocycles. The van der Waals surface area contributed by atoms with Crippen molar-refractivity contribution >= 4 is 0 Å². The predicted octanol–water partition coefficient (Wildman–Crippen LogP) is 2.72. The van der Waals surface area contributed by atoms with E-state index < -0.39 is 6.10 Å². The van der Waals surface area contributed by atoms with Crippen molar-refractivity contribution in [2.75, 3.05) is 0 Å². The Kier molecular flexibility index (Phi) is 4.68. The van der Waals surface area contributed by atoms with Gasteiger partial charge in [0, 0.05) is 18.9 Å². The zero-order chi connectivity index (χ0) is 15.6.